The molecule has 0 atom stereocenters. The van der Waals surface area contributed by atoms with Gasteiger partial charge in [0.15, 0.2) is 11.6 Å². The van der Waals surface area contributed by atoms with Crippen LogP contribution in [0.3, 0.4) is 0 Å². The fourth-order valence-electron chi connectivity index (χ4n) is 3.45. The first kappa shape index (κ1) is 19.1. The SMILES string of the molecule is CC(=O)Nc1ccc(C(=O)Nc2ccc(N)c3c2C(=O)c2ccccc2C3=O)cc1. The van der Waals surface area contributed by atoms with E-state index < -0.39 is 5.91 Å². The number of carbonyl (C=O) groups is 4. The lowest BCUT2D eigenvalue weighted by Crippen LogP contribution is -2.25. The van der Waals surface area contributed by atoms with Gasteiger partial charge in [0.05, 0.1) is 16.8 Å². The van der Waals surface area contributed by atoms with Crippen LogP contribution in [0.15, 0.2) is 60.7 Å². The Hall–Kier alpha value is -4.26. The molecule has 0 spiro atoms. The third-order valence-electron chi connectivity index (χ3n) is 4.82. The van der Waals surface area contributed by atoms with Gasteiger partial charge in [-0.15, -0.1) is 0 Å². The summed E-state index contributed by atoms with van der Waals surface area (Å²) >= 11 is 0. The predicted octanol–water partition coefficient (Wildman–Crippen LogP) is 3.25. The first-order valence-electron chi connectivity index (χ1n) is 9.16. The second-order valence-corrected chi connectivity index (χ2v) is 6.87. The van der Waals surface area contributed by atoms with Gasteiger partial charge in [-0.1, -0.05) is 24.3 Å². The van der Waals surface area contributed by atoms with Crippen LogP contribution in [0.5, 0.6) is 0 Å². The highest BCUT2D eigenvalue weighted by Crippen LogP contribution is 2.35. The third kappa shape index (κ3) is 3.22. The van der Waals surface area contributed by atoms with Gasteiger partial charge in [0, 0.05) is 35.0 Å². The smallest absolute Gasteiger partial charge is 0.255 e. The van der Waals surface area contributed by atoms with Crippen molar-refractivity contribution in [2.45, 2.75) is 6.92 Å². The summed E-state index contributed by atoms with van der Waals surface area (Å²) in [6, 6.07) is 15.8. The van der Waals surface area contributed by atoms with Gasteiger partial charge in [-0.3, -0.25) is 19.2 Å². The number of nitrogens with one attached hydrogen (secondary N) is 2. The maximum Gasteiger partial charge on any atom is 0.255 e. The molecule has 0 fully saturated rings. The second-order valence-electron chi connectivity index (χ2n) is 6.87. The lowest BCUT2D eigenvalue weighted by atomic mass is 9.82. The minimum atomic E-state index is -0.463. The molecular formula is C23H17N3O4. The standard InChI is InChI=1S/C23H17N3O4/c1-12(27)25-14-8-6-13(7-9-14)23(30)26-18-11-10-17(24)19-20(18)22(29)16-5-3-2-4-15(16)21(19)28/h2-11H,24H2,1H3,(H,25,27)(H,26,30). The summed E-state index contributed by atoms with van der Waals surface area (Å²) in [5.41, 5.74) is 8.01. The molecule has 4 N–H and O–H groups in total. The van der Waals surface area contributed by atoms with Crippen molar-refractivity contribution in [2.24, 2.45) is 0 Å². The number of benzene rings is 3. The van der Waals surface area contributed by atoms with Crippen LogP contribution in [0, 0.1) is 0 Å². The number of nitrogens with two attached hydrogens (primary N) is 1. The lowest BCUT2D eigenvalue weighted by molar-refractivity contribution is -0.114. The molecular weight excluding hydrogens is 382 g/mol. The van der Waals surface area contributed by atoms with E-state index in [1.165, 1.54) is 19.1 Å². The molecule has 148 valence electrons. The van der Waals surface area contributed by atoms with Gasteiger partial charge < -0.3 is 16.4 Å². The van der Waals surface area contributed by atoms with Crippen molar-refractivity contribution in [1.82, 2.24) is 0 Å². The number of anilines is 3. The van der Waals surface area contributed by atoms with Gasteiger partial charge in [0.25, 0.3) is 5.91 Å². The van der Waals surface area contributed by atoms with E-state index in [2.05, 4.69) is 10.6 Å². The molecule has 0 aromatic heterocycles. The summed E-state index contributed by atoms with van der Waals surface area (Å²) in [6.07, 6.45) is 0. The molecule has 0 heterocycles. The second kappa shape index (κ2) is 7.29. The molecule has 7 heteroatoms. The average Bonchev–Trinajstić information content (AvgIpc) is 2.73. The van der Waals surface area contributed by atoms with Crippen LogP contribution in [0.1, 0.15) is 49.1 Å². The average molecular weight is 399 g/mol. The molecule has 1 aliphatic rings. The van der Waals surface area contributed by atoms with Crippen LogP contribution in [0.4, 0.5) is 17.1 Å². The summed E-state index contributed by atoms with van der Waals surface area (Å²) in [6.45, 7) is 1.39. The highest BCUT2D eigenvalue weighted by Gasteiger charge is 2.33. The zero-order chi connectivity index (χ0) is 21.4. The number of nitrogen functional groups attached to an aromatic ring is 1. The Bertz CT molecular complexity index is 1230. The number of hydrogen-bond acceptors (Lipinski definition) is 5. The van der Waals surface area contributed by atoms with Crippen LogP contribution >= 0.6 is 0 Å². The van der Waals surface area contributed by atoms with Gasteiger partial charge in [-0.2, -0.15) is 0 Å². The van der Waals surface area contributed by atoms with E-state index in [0.717, 1.165) is 0 Å². The quantitative estimate of drug-likeness (QED) is 0.457. The normalized spacial score (nSPS) is 12.0. The molecule has 0 aliphatic heterocycles. The van der Waals surface area contributed by atoms with E-state index in [0.29, 0.717) is 16.8 Å². The summed E-state index contributed by atoms with van der Waals surface area (Å²) in [7, 11) is 0. The zero-order valence-electron chi connectivity index (χ0n) is 16.0. The van der Waals surface area contributed by atoms with Crippen LogP contribution in [-0.4, -0.2) is 23.4 Å². The molecule has 0 radical (unpaired) electrons. The molecule has 0 saturated heterocycles. The molecule has 4 rings (SSSR count). The van der Waals surface area contributed by atoms with Crippen molar-refractivity contribution in [1.29, 1.82) is 0 Å². The number of ketones is 2. The maximum absolute atomic E-state index is 13.1. The topological polar surface area (TPSA) is 118 Å². The van der Waals surface area contributed by atoms with Crippen LogP contribution < -0.4 is 16.4 Å². The molecule has 3 aromatic carbocycles. The first-order valence-corrected chi connectivity index (χ1v) is 9.16. The lowest BCUT2D eigenvalue weighted by Gasteiger charge is -2.21. The minimum Gasteiger partial charge on any atom is -0.398 e. The number of carbonyl (C=O) groups excluding carboxylic acids is 4. The van der Waals surface area contributed by atoms with E-state index >= 15 is 0 Å². The predicted molar refractivity (Wildman–Crippen MR) is 113 cm³/mol. The molecule has 30 heavy (non-hydrogen) atoms. The van der Waals surface area contributed by atoms with Crippen molar-refractivity contribution in [3.8, 4) is 0 Å². The van der Waals surface area contributed by atoms with Crippen molar-refractivity contribution < 1.29 is 19.2 Å². The Balaban J connectivity index is 1.70. The Kier molecular flexibility index (Phi) is 4.63. The fraction of sp³-hybridized carbons (Fsp3) is 0.0435. The largest absolute Gasteiger partial charge is 0.398 e. The summed E-state index contributed by atoms with van der Waals surface area (Å²) in [4.78, 5) is 49.9. The maximum atomic E-state index is 13.1. The zero-order valence-corrected chi connectivity index (χ0v) is 16.0. The van der Waals surface area contributed by atoms with Gasteiger partial charge in [0.2, 0.25) is 5.91 Å². The van der Waals surface area contributed by atoms with E-state index in [9.17, 15) is 19.2 Å². The van der Waals surface area contributed by atoms with Gasteiger partial charge in [-0.25, -0.2) is 0 Å². The minimum absolute atomic E-state index is 0.0851. The Morgan fingerprint density at radius 3 is 1.97 bits per heavy atom. The van der Waals surface area contributed by atoms with Crippen molar-refractivity contribution >= 4 is 40.4 Å². The Morgan fingerprint density at radius 2 is 1.37 bits per heavy atom. The van der Waals surface area contributed by atoms with Crippen molar-refractivity contribution in [3.63, 3.8) is 0 Å². The highest BCUT2D eigenvalue weighted by atomic mass is 16.2. The number of hydrogen-bond donors (Lipinski definition) is 3. The van der Waals surface area contributed by atoms with Gasteiger partial charge >= 0.3 is 0 Å². The van der Waals surface area contributed by atoms with Crippen LogP contribution in [0.25, 0.3) is 0 Å². The molecule has 1 aliphatic carbocycles. The third-order valence-corrected chi connectivity index (χ3v) is 4.82. The van der Waals surface area contributed by atoms with E-state index in [1.54, 1.807) is 48.5 Å². The first-order chi connectivity index (χ1) is 14.4. The molecule has 3 aromatic rings. The monoisotopic (exact) mass is 399 g/mol. The number of amides is 2. The number of rotatable bonds is 3. The van der Waals surface area contributed by atoms with Crippen LogP contribution in [-0.2, 0) is 4.79 Å². The van der Waals surface area contributed by atoms with Crippen molar-refractivity contribution in [3.05, 3.63) is 88.5 Å². The molecule has 7 nitrogen and oxygen atoms in total. The Morgan fingerprint density at radius 1 is 0.767 bits per heavy atom. The van der Waals surface area contributed by atoms with E-state index in [1.807, 2.05) is 0 Å². The van der Waals surface area contributed by atoms with E-state index in [4.69, 9.17) is 5.73 Å². The molecule has 0 unspecified atom stereocenters. The highest BCUT2D eigenvalue weighted by molar-refractivity contribution is 6.32. The Labute approximate surface area is 171 Å². The molecule has 2 amide bonds. The summed E-state index contributed by atoms with van der Waals surface area (Å²) < 4.78 is 0. The molecule has 0 bridgehead atoms. The fourth-order valence-corrected chi connectivity index (χ4v) is 3.45. The summed E-state index contributed by atoms with van der Waals surface area (Å²) in [5.74, 6) is -1.41. The van der Waals surface area contributed by atoms with Crippen molar-refractivity contribution in [2.75, 3.05) is 16.4 Å². The summed E-state index contributed by atoms with van der Waals surface area (Å²) in [5, 5.41) is 5.32. The van der Waals surface area contributed by atoms with Gasteiger partial charge in [0.1, 0.15) is 0 Å². The van der Waals surface area contributed by atoms with E-state index in [-0.39, 0.29) is 45.5 Å². The van der Waals surface area contributed by atoms with Crippen LogP contribution in [0.2, 0.25) is 0 Å². The van der Waals surface area contributed by atoms with Gasteiger partial charge in [-0.05, 0) is 36.4 Å². The number of fused-ring (bicyclic) bond motifs is 2. The molecule has 0 saturated carbocycles.